The lowest BCUT2D eigenvalue weighted by atomic mass is 10.1. The minimum Gasteiger partial charge on any atom is -0.327 e. The standard InChI is InChI=1S/C13H22N4OS.ClH/c1-3-17(10(2)18)13-15-12(9-19-13)8-16-6-4-5-11(14)7-16;/h9,11H,3-8,14H2,1-2H3;1H. The summed E-state index contributed by atoms with van der Waals surface area (Å²) in [4.78, 5) is 20.1. The van der Waals surface area contributed by atoms with Gasteiger partial charge in [0.2, 0.25) is 5.91 Å². The van der Waals surface area contributed by atoms with E-state index >= 15 is 0 Å². The monoisotopic (exact) mass is 318 g/mol. The number of piperidine rings is 1. The van der Waals surface area contributed by atoms with Gasteiger partial charge in [0.15, 0.2) is 5.13 Å². The third-order valence-corrected chi connectivity index (χ3v) is 4.31. The molecule has 0 spiro atoms. The maximum Gasteiger partial charge on any atom is 0.225 e. The van der Waals surface area contributed by atoms with Crippen LogP contribution in [0.4, 0.5) is 5.13 Å². The molecule has 20 heavy (non-hydrogen) atoms. The van der Waals surface area contributed by atoms with Gasteiger partial charge in [-0.2, -0.15) is 0 Å². The van der Waals surface area contributed by atoms with Gasteiger partial charge in [0, 0.05) is 38.0 Å². The molecule has 2 rings (SSSR count). The van der Waals surface area contributed by atoms with Crippen LogP contribution in [-0.2, 0) is 11.3 Å². The highest BCUT2D eigenvalue weighted by Gasteiger charge is 2.19. The molecule has 114 valence electrons. The molecule has 0 aromatic carbocycles. The molecule has 1 saturated heterocycles. The van der Waals surface area contributed by atoms with E-state index < -0.39 is 0 Å². The summed E-state index contributed by atoms with van der Waals surface area (Å²) in [6, 6.07) is 0.288. The molecular formula is C13H23ClN4OS. The van der Waals surface area contributed by atoms with Crippen molar-refractivity contribution in [3.8, 4) is 0 Å². The van der Waals surface area contributed by atoms with Crippen molar-refractivity contribution in [2.75, 3.05) is 24.5 Å². The molecule has 1 unspecified atom stereocenters. The van der Waals surface area contributed by atoms with Gasteiger partial charge in [-0.15, -0.1) is 23.7 Å². The van der Waals surface area contributed by atoms with E-state index in [0.717, 1.165) is 43.3 Å². The van der Waals surface area contributed by atoms with Gasteiger partial charge in [0.05, 0.1) is 5.69 Å². The van der Waals surface area contributed by atoms with Crippen LogP contribution in [0, 0.1) is 0 Å². The second-order valence-electron chi connectivity index (χ2n) is 5.02. The summed E-state index contributed by atoms with van der Waals surface area (Å²) in [5, 5.41) is 2.84. The van der Waals surface area contributed by atoms with Crippen LogP contribution in [0.25, 0.3) is 0 Å². The molecule has 2 N–H and O–H groups in total. The van der Waals surface area contributed by atoms with E-state index in [0.29, 0.717) is 6.54 Å². The maximum atomic E-state index is 11.5. The molecule has 1 fully saturated rings. The van der Waals surface area contributed by atoms with Crippen molar-refractivity contribution in [1.82, 2.24) is 9.88 Å². The smallest absolute Gasteiger partial charge is 0.225 e. The van der Waals surface area contributed by atoms with Crippen LogP contribution in [0.15, 0.2) is 5.38 Å². The molecule has 1 aliphatic heterocycles. The van der Waals surface area contributed by atoms with Gasteiger partial charge in [-0.05, 0) is 26.3 Å². The second-order valence-corrected chi connectivity index (χ2v) is 5.86. The van der Waals surface area contributed by atoms with Crippen molar-refractivity contribution in [3.05, 3.63) is 11.1 Å². The average Bonchev–Trinajstić information content (AvgIpc) is 2.78. The van der Waals surface area contributed by atoms with Crippen molar-refractivity contribution < 1.29 is 4.79 Å². The number of nitrogens with zero attached hydrogens (tertiary/aromatic N) is 3. The van der Waals surface area contributed by atoms with E-state index in [2.05, 4.69) is 9.88 Å². The van der Waals surface area contributed by atoms with Crippen molar-refractivity contribution >= 4 is 34.8 Å². The lowest BCUT2D eigenvalue weighted by Crippen LogP contribution is -2.42. The van der Waals surface area contributed by atoms with E-state index in [9.17, 15) is 4.79 Å². The average molecular weight is 319 g/mol. The van der Waals surface area contributed by atoms with Crippen molar-refractivity contribution in [2.24, 2.45) is 5.73 Å². The molecule has 0 bridgehead atoms. The predicted molar refractivity (Wildman–Crippen MR) is 85.5 cm³/mol. The molecule has 0 aliphatic carbocycles. The summed E-state index contributed by atoms with van der Waals surface area (Å²) >= 11 is 1.54. The Morgan fingerprint density at radius 1 is 1.65 bits per heavy atom. The Labute approximate surface area is 130 Å². The number of halogens is 1. The van der Waals surface area contributed by atoms with E-state index in [1.807, 2.05) is 12.3 Å². The van der Waals surface area contributed by atoms with E-state index in [1.54, 1.807) is 11.8 Å². The van der Waals surface area contributed by atoms with E-state index in [4.69, 9.17) is 5.73 Å². The minimum atomic E-state index is 0. The van der Waals surface area contributed by atoms with Crippen molar-refractivity contribution in [2.45, 2.75) is 39.3 Å². The van der Waals surface area contributed by atoms with Crippen LogP contribution >= 0.6 is 23.7 Å². The van der Waals surface area contributed by atoms with Crippen LogP contribution in [0.3, 0.4) is 0 Å². The van der Waals surface area contributed by atoms with Crippen LogP contribution in [-0.4, -0.2) is 41.5 Å². The number of thiazole rings is 1. The molecule has 1 aromatic rings. The molecule has 0 saturated carbocycles. The van der Waals surface area contributed by atoms with Crippen LogP contribution in [0.5, 0.6) is 0 Å². The number of nitrogens with two attached hydrogens (primary N) is 1. The topological polar surface area (TPSA) is 62.5 Å². The molecule has 5 nitrogen and oxygen atoms in total. The SMILES string of the molecule is CCN(C(C)=O)c1nc(CN2CCCC(N)C2)cs1.Cl. The number of likely N-dealkylation sites (tertiary alicyclic amines) is 1. The fourth-order valence-electron chi connectivity index (χ4n) is 2.45. The molecule has 1 atom stereocenters. The Bertz CT molecular complexity index is 440. The minimum absolute atomic E-state index is 0. The molecule has 2 heterocycles. The molecule has 7 heteroatoms. The Hall–Kier alpha value is -0.690. The number of hydrogen-bond acceptors (Lipinski definition) is 5. The van der Waals surface area contributed by atoms with Gasteiger partial charge in [-0.25, -0.2) is 4.98 Å². The first-order valence-corrected chi connectivity index (χ1v) is 7.68. The number of anilines is 1. The zero-order valence-corrected chi connectivity index (χ0v) is 13.7. The second kappa shape index (κ2) is 7.93. The van der Waals surface area contributed by atoms with Gasteiger partial charge in [-0.1, -0.05) is 0 Å². The third kappa shape index (κ3) is 4.41. The van der Waals surface area contributed by atoms with Gasteiger partial charge in [-0.3, -0.25) is 14.6 Å². The number of aromatic nitrogens is 1. The lowest BCUT2D eigenvalue weighted by Gasteiger charge is -2.29. The zero-order valence-electron chi connectivity index (χ0n) is 12.0. The maximum absolute atomic E-state index is 11.5. The summed E-state index contributed by atoms with van der Waals surface area (Å²) in [6.07, 6.45) is 2.28. The number of hydrogen-bond donors (Lipinski definition) is 1. The number of amides is 1. The highest BCUT2D eigenvalue weighted by Crippen LogP contribution is 2.22. The molecule has 1 amide bonds. The summed E-state index contributed by atoms with van der Waals surface area (Å²) < 4.78 is 0. The third-order valence-electron chi connectivity index (χ3n) is 3.39. The Morgan fingerprint density at radius 2 is 2.40 bits per heavy atom. The van der Waals surface area contributed by atoms with Gasteiger partial charge >= 0.3 is 0 Å². The van der Waals surface area contributed by atoms with Gasteiger partial charge < -0.3 is 5.73 Å². The highest BCUT2D eigenvalue weighted by atomic mass is 35.5. The first-order valence-electron chi connectivity index (χ1n) is 6.80. The largest absolute Gasteiger partial charge is 0.327 e. The number of rotatable bonds is 4. The van der Waals surface area contributed by atoms with Crippen LogP contribution in [0.1, 0.15) is 32.4 Å². The summed E-state index contributed by atoms with van der Waals surface area (Å²) in [6.45, 7) is 7.07. The lowest BCUT2D eigenvalue weighted by molar-refractivity contribution is -0.116. The zero-order chi connectivity index (χ0) is 13.8. The molecule has 1 aliphatic rings. The Balaban J connectivity index is 0.00000200. The fraction of sp³-hybridized carbons (Fsp3) is 0.692. The van der Waals surface area contributed by atoms with Crippen LogP contribution in [0.2, 0.25) is 0 Å². The normalized spacial score (nSPS) is 19.4. The van der Waals surface area contributed by atoms with Crippen molar-refractivity contribution in [1.29, 1.82) is 0 Å². The van der Waals surface area contributed by atoms with Gasteiger partial charge in [0.25, 0.3) is 0 Å². The van der Waals surface area contributed by atoms with E-state index in [-0.39, 0.29) is 24.4 Å². The Morgan fingerprint density at radius 3 is 3.00 bits per heavy atom. The highest BCUT2D eigenvalue weighted by molar-refractivity contribution is 7.14. The molecule has 1 aromatic heterocycles. The number of carbonyl (C=O) groups is 1. The summed E-state index contributed by atoms with van der Waals surface area (Å²) in [5.41, 5.74) is 7.02. The van der Waals surface area contributed by atoms with Gasteiger partial charge in [0.1, 0.15) is 0 Å². The van der Waals surface area contributed by atoms with Crippen molar-refractivity contribution in [3.63, 3.8) is 0 Å². The predicted octanol–water partition coefficient (Wildman–Crippen LogP) is 1.86. The first kappa shape index (κ1) is 17.4. The van der Waals surface area contributed by atoms with E-state index in [1.165, 1.54) is 11.3 Å². The quantitative estimate of drug-likeness (QED) is 0.920. The first-order chi connectivity index (χ1) is 9.10. The summed E-state index contributed by atoms with van der Waals surface area (Å²) in [5.74, 6) is 0.0448. The van der Waals surface area contributed by atoms with Crippen LogP contribution < -0.4 is 10.6 Å². The fourth-order valence-corrected chi connectivity index (χ4v) is 3.37. The molecular weight excluding hydrogens is 296 g/mol. The number of carbonyl (C=O) groups excluding carboxylic acids is 1. The Kier molecular flexibility index (Phi) is 6.88. The molecule has 0 radical (unpaired) electrons. The summed E-state index contributed by atoms with van der Waals surface area (Å²) in [7, 11) is 0.